The molecule has 5 rings (SSSR count). The van der Waals surface area contributed by atoms with Gasteiger partial charge in [-0.05, 0) is 49.4 Å². The number of amides is 1. The number of carbonyl (C=O) groups excluding carboxylic acids is 1. The molecule has 38 heavy (non-hydrogen) atoms. The number of H-pyrrole nitrogens is 1. The highest BCUT2D eigenvalue weighted by molar-refractivity contribution is 5.82. The quantitative estimate of drug-likeness (QED) is 0.332. The molecule has 1 aliphatic heterocycles. The third kappa shape index (κ3) is 5.20. The number of methoxy groups -OCH3 is 1. The van der Waals surface area contributed by atoms with Gasteiger partial charge < -0.3 is 29.8 Å². The Hall–Kier alpha value is -4.35. The Morgan fingerprint density at radius 3 is 2.61 bits per heavy atom. The average molecular weight is 519 g/mol. The molecule has 0 saturated carbocycles. The van der Waals surface area contributed by atoms with Crippen LogP contribution in [0.2, 0.25) is 0 Å². The van der Waals surface area contributed by atoms with E-state index in [0.29, 0.717) is 40.2 Å². The molecule has 0 atom stereocenters. The van der Waals surface area contributed by atoms with Gasteiger partial charge >= 0.3 is 0 Å². The van der Waals surface area contributed by atoms with Crippen LogP contribution in [-0.4, -0.2) is 53.2 Å². The Bertz CT molecular complexity index is 1430. The first kappa shape index (κ1) is 25.3. The second-order valence-electron chi connectivity index (χ2n) is 9.07. The van der Waals surface area contributed by atoms with Gasteiger partial charge in [-0.15, -0.1) is 0 Å². The van der Waals surface area contributed by atoms with E-state index < -0.39 is 11.7 Å². The van der Waals surface area contributed by atoms with Crippen molar-refractivity contribution in [2.75, 3.05) is 32.7 Å². The van der Waals surface area contributed by atoms with Crippen LogP contribution in [0.1, 0.15) is 19.0 Å². The molecule has 1 amide bonds. The van der Waals surface area contributed by atoms with Crippen molar-refractivity contribution in [1.29, 1.82) is 0 Å². The number of aromatic nitrogens is 4. The van der Waals surface area contributed by atoms with Gasteiger partial charge in [0.1, 0.15) is 11.6 Å². The first-order valence-electron chi connectivity index (χ1n) is 11.9. The van der Waals surface area contributed by atoms with Crippen molar-refractivity contribution in [2.45, 2.75) is 13.2 Å². The zero-order valence-corrected chi connectivity index (χ0v) is 21.1. The summed E-state index contributed by atoms with van der Waals surface area (Å²) in [7, 11) is 3.17. The summed E-state index contributed by atoms with van der Waals surface area (Å²) in [5.74, 6) is 0.941. The van der Waals surface area contributed by atoms with Crippen LogP contribution in [0.3, 0.4) is 0 Å². The van der Waals surface area contributed by atoms with Crippen molar-refractivity contribution < 1.29 is 23.4 Å². The van der Waals surface area contributed by atoms with E-state index in [1.54, 1.807) is 45.5 Å². The number of ether oxygens (including phenoxy) is 3. The smallest absolute Gasteiger partial charge is 0.230 e. The Morgan fingerprint density at radius 1 is 1.13 bits per heavy atom. The van der Waals surface area contributed by atoms with E-state index in [2.05, 4.69) is 25.6 Å². The summed E-state index contributed by atoms with van der Waals surface area (Å²) in [5, 5.41) is 5.82. The highest BCUT2D eigenvalue weighted by Gasteiger charge is 2.40. The van der Waals surface area contributed by atoms with Crippen LogP contribution in [-0.2, 0) is 14.3 Å². The lowest BCUT2D eigenvalue weighted by molar-refractivity contribution is -0.230. The fourth-order valence-electron chi connectivity index (χ4n) is 4.09. The molecule has 1 fully saturated rings. The van der Waals surface area contributed by atoms with Gasteiger partial charge in [0.05, 0.1) is 42.8 Å². The van der Waals surface area contributed by atoms with E-state index in [9.17, 15) is 9.18 Å². The SMILES string of the molecule is CNC(=O)C1(C)COC(c2nc(-c3ccc(F)cc3)c(-c3ccnc(Nc4cccc(OC)c4)n3)[nH]2)OC1. The molecule has 0 radical (unpaired) electrons. The highest BCUT2D eigenvalue weighted by atomic mass is 19.1. The number of rotatable bonds is 7. The van der Waals surface area contributed by atoms with E-state index in [4.69, 9.17) is 19.2 Å². The molecule has 4 aromatic rings. The number of anilines is 2. The first-order valence-corrected chi connectivity index (χ1v) is 11.9. The maximum absolute atomic E-state index is 13.7. The molecule has 196 valence electrons. The molecule has 10 nitrogen and oxygen atoms in total. The molecule has 1 aliphatic rings. The van der Waals surface area contributed by atoms with Crippen molar-refractivity contribution in [3.8, 4) is 28.4 Å². The minimum absolute atomic E-state index is 0.154. The van der Waals surface area contributed by atoms with Crippen molar-refractivity contribution in [3.63, 3.8) is 0 Å². The maximum atomic E-state index is 13.7. The third-order valence-electron chi connectivity index (χ3n) is 6.18. The fourth-order valence-corrected chi connectivity index (χ4v) is 4.09. The van der Waals surface area contributed by atoms with E-state index in [1.165, 1.54) is 12.1 Å². The summed E-state index contributed by atoms with van der Waals surface area (Å²) in [4.78, 5) is 29.2. The number of nitrogens with zero attached hydrogens (tertiary/aromatic N) is 3. The molecule has 3 N–H and O–H groups in total. The molecule has 0 aliphatic carbocycles. The number of carbonyl (C=O) groups is 1. The Kier molecular flexibility index (Phi) is 7.03. The van der Waals surface area contributed by atoms with Gasteiger partial charge in [0, 0.05) is 30.6 Å². The van der Waals surface area contributed by atoms with Gasteiger partial charge in [-0.1, -0.05) is 6.07 Å². The number of nitrogens with one attached hydrogen (secondary N) is 3. The minimum Gasteiger partial charge on any atom is -0.497 e. The van der Waals surface area contributed by atoms with Gasteiger partial charge in [0.15, 0.2) is 5.82 Å². The van der Waals surface area contributed by atoms with Gasteiger partial charge in [-0.2, -0.15) is 0 Å². The standard InChI is InChI=1S/C27H27FN6O4/c1-27(25(35)29-2)14-37-24(38-15-27)23-33-21(16-7-9-17(28)10-8-16)22(34-23)20-11-12-30-26(32-20)31-18-5-4-6-19(13-18)36-3/h4-13,24H,14-15H2,1-3H3,(H,29,35)(H,33,34)(H,30,31,32). The molecule has 0 unspecified atom stereocenters. The predicted octanol–water partition coefficient (Wildman–Crippen LogP) is 4.22. The Balaban J connectivity index is 1.48. The second-order valence-corrected chi connectivity index (χ2v) is 9.07. The molecule has 0 spiro atoms. The molecular weight excluding hydrogens is 491 g/mol. The van der Waals surface area contributed by atoms with E-state index in [-0.39, 0.29) is 24.9 Å². The maximum Gasteiger partial charge on any atom is 0.230 e. The molecular formula is C27H27FN6O4. The molecule has 3 heterocycles. The van der Waals surface area contributed by atoms with Crippen molar-refractivity contribution in [3.05, 3.63) is 72.4 Å². The molecule has 1 saturated heterocycles. The van der Waals surface area contributed by atoms with E-state index >= 15 is 0 Å². The molecule has 0 bridgehead atoms. The predicted molar refractivity (Wildman–Crippen MR) is 138 cm³/mol. The zero-order valence-electron chi connectivity index (χ0n) is 21.1. The summed E-state index contributed by atoms with van der Waals surface area (Å²) >= 11 is 0. The molecule has 2 aromatic heterocycles. The van der Waals surface area contributed by atoms with Crippen LogP contribution in [0.5, 0.6) is 5.75 Å². The average Bonchev–Trinajstić information content (AvgIpc) is 3.39. The lowest BCUT2D eigenvalue weighted by Crippen LogP contribution is -2.47. The van der Waals surface area contributed by atoms with Crippen LogP contribution in [0, 0.1) is 11.2 Å². The minimum atomic E-state index is -0.822. The van der Waals surface area contributed by atoms with E-state index in [1.807, 2.05) is 24.3 Å². The summed E-state index contributed by atoms with van der Waals surface area (Å²) in [6.45, 7) is 2.08. The van der Waals surface area contributed by atoms with Crippen molar-refractivity contribution in [1.82, 2.24) is 25.3 Å². The first-order chi connectivity index (χ1) is 18.4. The van der Waals surface area contributed by atoms with Crippen LogP contribution in [0.4, 0.5) is 16.0 Å². The summed E-state index contributed by atoms with van der Waals surface area (Å²) in [6.07, 6.45) is 0.805. The van der Waals surface area contributed by atoms with Gasteiger partial charge in [0.2, 0.25) is 18.1 Å². The van der Waals surface area contributed by atoms with Crippen molar-refractivity contribution in [2.24, 2.45) is 5.41 Å². The van der Waals surface area contributed by atoms with E-state index in [0.717, 1.165) is 5.69 Å². The van der Waals surface area contributed by atoms with Gasteiger partial charge in [-0.25, -0.2) is 19.3 Å². The van der Waals surface area contributed by atoms with Gasteiger partial charge in [0.25, 0.3) is 0 Å². The Labute approximate surface area is 218 Å². The van der Waals surface area contributed by atoms with Crippen LogP contribution >= 0.6 is 0 Å². The zero-order chi connectivity index (χ0) is 26.7. The Morgan fingerprint density at radius 2 is 1.89 bits per heavy atom. The monoisotopic (exact) mass is 518 g/mol. The van der Waals surface area contributed by atoms with Crippen LogP contribution < -0.4 is 15.4 Å². The fraction of sp³-hybridized carbons (Fsp3) is 0.259. The summed E-state index contributed by atoms with van der Waals surface area (Å²) in [5.41, 5.74) is 2.29. The third-order valence-corrected chi connectivity index (χ3v) is 6.18. The topological polar surface area (TPSA) is 123 Å². The molecule has 2 aromatic carbocycles. The van der Waals surface area contributed by atoms with Crippen LogP contribution in [0.25, 0.3) is 22.6 Å². The number of hydrogen-bond acceptors (Lipinski definition) is 8. The largest absolute Gasteiger partial charge is 0.497 e. The lowest BCUT2D eigenvalue weighted by Gasteiger charge is -2.34. The number of halogens is 1. The normalized spacial score (nSPS) is 19.1. The lowest BCUT2D eigenvalue weighted by atomic mass is 9.91. The summed E-state index contributed by atoms with van der Waals surface area (Å²) < 4.78 is 30.7. The summed E-state index contributed by atoms with van der Waals surface area (Å²) in [6, 6.07) is 15.2. The number of benzene rings is 2. The van der Waals surface area contributed by atoms with Crippen molar-refractivity contribution >= 4 is 17.5 Å². The number of aromatic amines is 1. The molecule has 11 heteroatoms. The van der Waals surface area contributed by atoms with Gasteiger partial charge in [-0.3, -0.25) is 4.79 Å². The number of imidazole rings is 1. The highest BCUT2D eigenvalue weighted by Crippen LogP contribution is 2.35. The van der Waals surface area contributed by atoms with Crippen LogP contribution in [0.15, 0.2) is 60.8 Å². The number of hydrogen-bond donors (Lipinski definition) is 3. The second kappa shape index (κ2) is 10.6.